The van der Waals surface area contributed by atoms with E-state index >= 15 is 0 Å². The number of fused-ring (bicyclic) bond motifs is 1. The van der Waals surface area contributed by atoms with Crippen LogP contribution in [0.5, 0.6) is 0 Å². The van der Waals surface area contributed by atoms with Crippen LogP contribution in [-0.4, -0.2) is 34.9 Å². The number of esters is 1. The van der Waals surface area contributed by atoms with Crippen molar-refractivity contribution < 1.29 is 19.2 Å². The number of nitrogens with one attached hydrogen (secondary N) is 1. The molecule has 3 rings (SSSR count). The van der Waals surface area contributed by atoms with Gasteiger partial charge in [0.15, 0.2) is 0 Å². The molecule has 0 radical (unpaired) electrons. The summed E-state index contributed by atoms with van der Waals surface area (Å²) in [5, 5.41) is 14.5. The van der Waals surface area contributed by atoms with Crippen LogP contribution in [0.2, 0.25) is 0 Å². The molecule has 0 aliphatic carbocycles. The molecule has 0 fully saturated rings. The number of hydrogen-bond donors (Lipinski definition) is 1. The van der Waals surface area contributed by atoms with Gasteiger partial charge in [-0.15, -0.1) is 0 Å². The van der Waals surface area contributed by atoms with Gasteiger partial charge in [0.1, 0.15) is 6.04 Å². The molecular formula is C20H17N3O5. The number of rotatable bonds is 6. The summed E-state index contributed by atoms with van der Waals surface area (Å²) in [7, 11) is 1.20. The number of nitro benzene ring substituents is 1. The summed E-state index contributed by atoms with van der Waals surface area (Å²) in [6.45, 7) is 0. The highest BCUT2D eigenvalue weighted by Gasteiger charge is 2.26. The van der Waals surface area contributed by atoms with Crippen molar-refractivity contribution >= 4 is 28.5 Å². The number of ether oxygens (including phenoxy) is 1. The zero-order valence-corrected chi connectivity index (χ0v) is 15.0. The van der Waals surface area contributed by atoms with Gasteiger partial charge >= 0.3 is 5.97 Å². The van der Waals surface area contributed by atoms with E-state index in [9.17, 15) is 19.7 Å². The third kappa shape index (κ3) is 3.96. The first-order valence-corrected chi connectivity index (χ1v) is 8.46. The molecule has 1 amide bonds. The molecule has 1 heterocycles. The van der Waals surface area contributed by atoms with Crippen molar-refractivity contribution in [2.24, 2.45) is 0 Å². The Balaban J connectivity index is 1.90. The largest absolute Gasteiger partial charge is 0.467 e. The molecule has 0 saturated carbocycles. The van der Waals surface area contributed by atoms with Gasteiger partial charge in [-0.2, -0.15) is 0 Å². The third-order valence-corrected chi connectivity index (χ3v) is 4.30. The first-order chi connectivity index (χ1) is 13.5. The molecule has 1 atom stereocenters. The molecule has 0 spiro atoms. The second-order valence-corrected chi connectivity index (χ2v) is 6.01. The van der Waals surface area contributed by atoms with Crippen molar-refractivity contribution in [2.75, 3.05) is 7.11 Å². The van der Waals surface area contributed by atoms with Gasteiger partial charge < -0.3 is 10.1 Å². The van der Waals surface area contributed by atoms with E-state index in [-0.39, 0.29) is 12.1 Å². The van der Waals surface area contributed by atoms with E-state index in [0.29, 0.717) is 22.0 Å². The van der Waals surface area contributed by atoms with Crippen LogP contribution >= 0.6 is 0 Å². The Morgan fingerprint density at radius 1 is 1.14 bits per heavy atom. The van der Waals surface area contributed by atoms with Gasteiger partial charge in [-0.3, -0.25) is 19.9 Å². The van der Waals surface area contributed by atoms with Gasteiger partial charge in [-0.05, 0) is 12.1 Å². The first kappa shape index (κ1) is 19.0. The maximum Gasteiger partial charge on any atom is 0.328 e. The maximum atomic E-state index is 12.8. The van der Waals surface area contributed by atoms with Crippen LogP contribution < -0.4 is 5.32 Å². The lowest BCUT2D eigenvalue weighted by atomic mass is 10.0. The zero-order valence-electron chi connectivity index (χ0n) is 15.0. The van der Waals surface area contributed by atoms with E-state index in [0.717, 1.165) is 0 Å². The molecule has 1 N–H and O–H groups in total. The number of para-hydroxylation sites is 2. The van der Waals surface area contributed by atoms with E-state index < -0.39 is 22.8 Å². The highest BCUT2D eigenvalue weighted by molar-refractivity contribution is 6.07. The number of methoxy groups -OCH3 is 1. The molecule has 28 heavy (non-hydrogen) atoms. The SMILES string of the molecule is COC(=O)[C@H](Cc1ccccc1[N+](=O)[O-])NC(=O)c1ccnc2ccccc12. The van der Waals surface area contributed by atoms with Crippen LogP contribution in [0.4, 0.5) is 5.69 Å². The van der Waals surface area contributed by atoms with Gasteiger partial charge in [0.25, 0.3) is 11.6 Å². The van der Waals surface area contributed by atoms with Crippen LogP contribution in [0.25, 0.3) is 10.9 Å². The van der Waals surface area contributed by atoms with E-state index in [1.807, 2.05) is 6.07 Å². The highest BCUT2D eigenvalue weighted by Crippen LogP contribution is 2.20. The van der Waals surface area contributed by atoms with Crippen molar-refractivity contribution in [3.8, 4) is 0 Å². The van der Waals surface area contributed by atoms with Gasteiger partial charge in [0.05, 0.1) is 23.1 Å². The number of nitro groups is 1. The standard InChI is InChI=1S/C20H17N3O5/c1-28-20(25)17(12-13-6-2-5-9-18(13)23(26)27)22-19(24)15-10-11-21-16-8-4-3-7-14(15)16/h2-11,17H,12H2,1H3,(H,22,24)/t17-/m0/s1. The van der Waals surface area contributed by atoms with Crippen LogP contribution in [-0.2, 0) is 16.0 Å². The number of amides is 1. The molecule has 1 aromatic heterocycles. The lowest BCUT2D eigenvalue weighted by Gasteiger charge is -2.17. The van der Waals surface area contributed by atoms with Crippen molar-refractivity contribution in [1.82, 2.24) is 10.3 Å². The molecule has 3 aromatic rings. The lowest BCUT2D eigenvalue weighted by Crippen LogP contribution is -2.43. The van der Waals surface area contributed by atoms with Crippen LogP contribution in [0, 0.1) is 10.1 Å². The maximum absolute atomic E-state index is 12.8. The first-order valence-electron chi connectivity index (χ1n) is 8.46. The number of benzene rings is 2. The number of pyridine rings is 1. The van der Waals surface area contributed by atoms with Crippen molar-refractivity contribution in [3.05, 3.63) is 82.0 Å². The summed E-state index contributed by atoms with van der Waals surface area (Å²) in [5.74, 6) is -1.18. The fourth-order valence-electron chi connectivity index (χ4n) is 2.95. The van der Waals surface area contributed by atoms with E-state index in [1.165, 1.54) is 25.4 Å². The Hall–Kier alpha value is -3.81. The Morgan fingerprint density at radius 2 is 1.86 bits per heavy atom. The van der Waals surface area contributed by atoms with Gasteiger partial charge in [-0.1, -0.05) is 36.4 Å². The summed E-state index contributed by atoms with van der Waals surface area (Å²) in [5.41, 5.74) is 1.19. The normalized spacial score (nSPS) is 11.6. The predicted molar refractivity (Wildman–Crippen MR) is 102 cm³/mol. The Labute approximate surface area is 160 Å². The van der Waals surface area contributed by atoms with Gasteiger partial charge in [0, 0.05) is 29.6 Å². The quantitative estimate of drug-likeness (QED) is 0.400. The number of aromatic nitrogens is 1. The van der Waals surface area contributed by atoms with Crippen molar-refractivity contribution in [2.45, 2.75) is 12.5 Å². The molecule has 0 saturated heterocycles. The van der Waals surface area contributed by atoms with E-state index in [1.54, 1.807) is 36.4 Å². The second kappa shape index (κ2) is 8.26. The second-order valence-electron chi connectivity index (χ2n) is 6.01. The summed E-state index contributed by atoms with van der Waals surface area (Å²) < 4.78 is 4.77. The predicted octanol–water partition coefficient (Wildman–Crippen LogP) is 2.66. The average Bonchev–Trinajstić information content (AvgIpc) is 2.72. The van der Waals surface area contributed by atoms with Crippen LogP contribution in [0.15, 0.2) is 60.8 Å². The van der Waals surface area contributed by atoms with Crippen LogP contribution in [0.3, 0.4) is 0 Å². The molecule has 8 nitrogen and oxygen atoms in total. The molecule has 0 aliphatic heterocycles. The minimum absolute atomic E-state index is 0.0709. The molecule has 8 heteroatoms. The molecule has 0 unspecified atom stereocenters. The fraction of sp³-hybridized carbons (Fsp3) is 0.150. The number of carbonyl (C=O) groups is 2. The van der Waals surface area contributed by atoms with Gasteiger partial charge in [-0.25, -0.2) is 4.79 Å². The minimum atomic E-state index is -1.08. The Kier molecular flexibility index (Phi) is 5.59. The minimum Gasteiger partial charge on any atom is -0.467 e. The topological polar surface area (TPSA) is 111 Å². The molecule has 142 valence electrons. The zero-order chi connectivity index (χ0) is 20.1. The number of carbonyl (C=O) groups excluding carboxylic acids is 2. The number of hydrogen-bond acceptors (Lipinski definition) is 6. The Bertz CT molecular complexity index is 1050. The van der Waals surface area contributed by atoms with Crippen molar-refractivity contribution in [3.63, 3.8) is 0 Å². The smallest absolute Gasteiger partial charge is 0.328 e. The fourth-order valence-corrected chi connectivity index (χ4v) is 2.95. The summed E-state index contributed by atoms with van der Waals surface area (Å²) in [6, 6.07) is 13.7. The van der Waals surface area contributed by atoms with E-state index in [2.05, 4.69) is 10.3 Å². The average molecular weight is 379 g/mol. The highest BCUT2D eigenvalue weighted by atomic mass is 16.6. The molecule has 0 bridgehead atoms. The molecule has 0 aliphatic rings. The van der Waals surface area contributed by atoms with Gasteiger partial charge in [0.2, 0.25) is 0 Å². The van der Waals surface area contributed by atoms with Crippen LogP contribution in [0.1, 0.15) is 15.9 Å². The summed E-state index contributed by atoms with van der Waals surface area (Å²) in [6.07, 6.45) is 1.44. The molecule has 2 aromatic carbocycles. The Morgan fingerprint density at radius 3 is 2.61 bits per heavy atom. The molecular weight excluding hydrogens is 362 g/mol. The monoisotopic (exact) mass is 379 g/mol. The number of nitrogens with zero attached hydrogens (tertiary/aromatic N) is 2. The summed E-state index contributed by atoms with van der Waals surface area (Å²) in [4.78, 5) is 39.9. The lowest BCUT2D eigenvalue weighted by molar-refractivity contribution is -0.385. The van der Waals surface area contributed by atoms with Crippen molar-refractivity contribution in [1.29, 1.82) is 0 Å². The van der Waals surface area contributed by atoms with E-state index in [4.69, 9.17) is 4.74 Å². The summed E-state index contributed by atoms with van der Waals surface area (Å²) >= 11 is 0. The third-order valence-electron chi connectivity index (χ3n) is 4.30.